The van der Waals surface area contributed by atoms with E-state index in [1.54, 1.807) is 0 Å². The Morgan fingerprint density at radius 1 is 1.30 bits per heavy atom. The molecular formula is C16H24N2O2. The molecule has 3 rings (SSSR count). The molecule has 0 radical (unpaired) electrons. The van der Waals surface area contributed by atoms with Crippen molar-refractivity contribution in [1.29, 1.82) is 0 Å². The Kier molecular flexibility index (Phi) is 5.01. The van der Waals surface area contributed by atoms with Gasteiger partial charge >= 0.3 is 0 Å². The maximum absolute atomic E-state index is 5.81. The van der Waals surface area contributed by atoms with E-state index in [0.29, 0.717) is 5.92 Å². The smallest absolute Gasteiger partial charge is 0.157 e. The van der Waals surface area contributed by atoms with Gasteiger partial charge in [0, 0.05) is 37.5 Å². The summed E-state index contributed by atoms with van der Waals surface area (Å²) in [7, 11) is 0. The van der Waals surface area contributed by atoms with E-state index < -0.39 is 0 Å². The van der Waals surface area contributed by atoms with E-state index in [4.69, 9.17) is 9.47 Å². The van der Waals surface area contributed by atoms with Gasteiger partial charge in [-0.1, -0.05) is 6.07 Å². The van der Waals surface area contributed by atoms with Gasteiger partial charge < -0.3 is 14.4 Å². The molecule has 0 aromatic carbocycles. The molecule has 2 saturated heterocycles. The molecule has 2 aliphatic heterocycles. The predicted octanol–water partition coefficient (Wildman–Crippen LogP) is 2.41. The maximum atomic E-state index is 5.81. The van der Waals surface area contributed by atoms with E-state index in [-0.39, 0.29) is 6.29 Å². The summed E-state index contributed by atoms with van der Waals surface area (Å²) in [5.74, 6) is 0.585. The fourth-order valence-corrected chi connectivity index (χ4v) is 3.05. The maximum Gasteiger partial charge on any atom is 0.157 e. The molecule has 110 valence electrons. The summed E-state index contributed by atoms with van der Waals surface area (Å²) in [5.41, 5.74) is 1.23. The van der Waals surface area contributed by atoms with Crippen LogP contribution >= 0.6 is 0 Å². The summed E-state index contributed by atoms with van der Waals surface area (Å²) in [6.07, 6.45) is 6.60. The lowest BCUT2D eigenvalue weighted by molar-refractivity contribution is -0.163. The van der Waals surface area contributed by atoms with Crippen LogP contribution in [0.4, 0.5) is 0 Å². The van der Waals surface area contributed by atoms with Crippen LogP contribution in [0.25, 0.3) is 0 Å². The predicted molar refractivity (Wildman–Crippen MR) is 77.6 cm³/mol. The number of likely N-dealkylation sites (tertiary alicyclic amines) is 1. The zero-order valence-corrected chi connectivity index (χ0v) is 12.0. The van der Waals surface area contributed by atoms with E-state index in [1.807, 2.05) is 12.3 Å². The van der Waals surface area contributed by atoms with Gasteiger partial charge in [0.15, 0.2) is 6.29 Å². The van der Waals surface area contributed by atoms with Crippen LogP contribution in [-0.2, 0) is 9.47 Å². The van der Waals surface area contributed by atoms with Crippen molar-refractivity contribution in [3.63, 3.8) is 0 Å². The van der Waals surface area contributed by atoms with Crippen LogP contribution < -0.4 is 0 Å². The summed E-state index contributed by atoms with van der Waals surface area (Å²) in [6.45, 7) is 4.89. The molecule has 0 spiro atoms. The Bertz CT molecular complexity index is 393. The first-order chi connectivity index (χ1) is 9.92. The highest BCUT2D eigenvalue weighted by Crippen LogP contribution is 2.25. The monoisotopic (exact) mass is 276 g/mol. The lowest BCUT2D eigenvalue weighted by atomic mass is 10.0. The second-order valence-corrected chi connectivity index (χ2v) is 5.71. The van der Waals surface area contributed by atoms with Crippen LogP contribution in [0.15, 0.2) is 24.4 Å². The highest BCUT2D eigenvalue weighted by atomic mass is 16.7. The van der Waals surface area contributed by atoms with Gasteiger partial charge in [-0.25, -0.2) is 0 Å². The molecule has 2 fully saturated rings. The van der Waals surface area contributed by atoms with Crippen LogP contribution in [-0.4, -0.2) is 49.0 Å². The summed E-state index contributed by atoms with van der Waals surface area (Å²) in [5, 5.41) is 0. The van der Waals surface area contributed by atoms with Gasteiger partial charge in [-0.2, -0.15) is 0 Å². The SMILES string of the molecule is c1ccc(C2CCN(CCOC3CCCCO3)C2)nc1. The lowest BCUT2D eigenvalue weighted by Gasteiger charge is -2.24. The second-order valence-electron chi connectivity index (χ2n) is 5.71. The fraction of sp³-hybridized carbons (Fsp3) is 0.688. The summed E-state index contributed by atoms with van der Waals surface area (Å²) >= 11 is 0. The number of rotatable bonds is 5. The highest BCUT2D eigenvalue weighted by molar-refractivity contribution is 5.11. The number of aromatic nitrogens is 1. The Balaban J connectivity index is 1.37. The highest BCUT2D eigenvalue weighted by Gasteiger charge is 2.24. The first-order valence-electron chi connectivity index (χ1n) is 7.78. The molecule has 1 aromatic rings. The summed E-state index contributed by atoms with van der Waals surface area (Å²) in [4.78, 5) is 6.95. The Hall–Kier alpha value is -0.970. The van der Waals surface area contributed by atoms with Crippen LogP contribution in [0.2, 0.25) is 0 Å². The van der Waals surface area contributed by atoms with Crippen molar-refractivity contribution >= 4 is 0 Å². The minimum absolute atomic E-state index is 0.0398. The molecule has 0 N–H and O–H groups in total. The van der Waals surface area contributed by atoms with Gasteiger partial charge in [-0.3, -0.25) is 4.98 Å². The van der Waals surface area contributed by atoms with E-state index >= 15 is 0 Å². The van der Waals surface area contributed by atoms with Crippen LogP contribution in [0.1, 0.15) is 37.3 Å². The van der Waals surface area contributed by atoms with Crippen LogP contribution in [0.5, 0.6) is 0 Å². The van der Waals surface area contributed by atoms with Gasteiger partial charge in [-0.05, 0) is 44.4 Å². The first-order valence-corrected chi connectivity index (χ1v) is 7.78. The summed E-state index contributed by atoms with van der Waals surface area (Å²) < 4.78 is 11.4. The van der Waals surface area contributed by atoms with Crippen LogP contribution in [0, 0.1) is 0 Å². The zero-order valence-electron chi connectivity index (χ0n) is 12.0. The van der Waals surface area contributed by atoms with E-state index in [9.17, 15) is 0 Å². The van der Waals surface area contributed by atoms with Gasteiger partial charge in [-0.15, -0.1) is 0 Å². The molecule has 4 nitrogen and oxygen atoms in total. The first kappa shape index (κ1) is 14.0. The molecule has 0 bridgehead atoms. The second kappa shape index (κ2) is 7.16. The lowest BCUT2D eigenvalue weighted by Crippen LogP contribution is -2.29. The molecular weight excluding hydrogens is 252 g/mol. The van der Waals surface area contributed by atoms with Gasteiger partial charge in [0.1, 0.15) is 0 Å². The molecule has 2 atom stereocenters. The molecule has 0 aliphatic carbocycles. The average molecular weight is 276 g/mol. The van der Waals surface area contributed by atoms with E-state index in [2.05, 4.69) is 22.0 Å². The van der Waals surface area contributed by atoms with Gasteiger partial charge in [0.2, 0.25) is 0 Å². The van der Waals surface area contributed by atoms with Crippen LogP contribution in [0.3, 0.4) is 0 Å². The number of nitrogens with zero attached hydrogens (tertiary/aromatic N) is 2. The van der Waals surface area contributed by atoms with Crippen molar-refractivity contribution in [2.75, 3.05) is 32.8 Å². The molecule has 0 amide bonds. The third kappa shape index (κ3) is 3.78. The molecule has 2 unspecified atom stereocenters. The van der Waals surface area contributed by atoms with Crippen molar-refractivity contribution in [1.82, 2.24) is 9.88 Å². The number of pyridine rings is 1. The minimum atomic E-state index is 0.0398. The molecule has 0 saturated carbocycles. The number of hydrogen-bond acceptors (Lipinski definition) is 4. The number of ether oxygens (including phenoxy) is 2. The Morgan fingerprint density at radius 2 is 2.30 bits per heavy atom. The van der Waals surface area contributed by atoms with Gasteiger partial charge in [0.25, 0.3) is 0 Å². The molecule has 3 heterocycles. The summed E-state index contributed by atoms with van der Waals surface area (Å²) in [6, 6.07) is 6.20. The Morgan fingerprint density at radius 3 is 3.10 bits per heavy atom. The topological polar surface area (TPSA) is 34.6 Å². The average Bonchev–Trinajstić information content (AvgIpc) is 2.98. The molecule has 20 heavy (non-hydrogen) atoms. The largest absolute Gasteiger partial charge is 0.353 e. The van der Waals surface area contributed by atoms with Crippen molar-refractivity contribution in [3.8, 4) is 0 Å². The van der Waals surface area contributed by atoms with Crippen molar-refractivity contribution in [3.05, 3.63) is 30.1 Å². The fourth-order valence-electron chi connectivity index (χ4n) is 3.05. The zero-order chi connectivity index (χ0) is 13.6. The van der Waals surface area contributed by atoms with E-state index in [1.165, 1.54) is 25.0 Å². The number of hydrogen-bond donors (Lipinski definition) is 0. The minimum Gasteiger partial charge on any atom is -0.353 e. The normalized spacial score (nSPS) is 27.8. The third-order valence-corrected chi connectivity index (χ3v) is 4.23. The standard InChI is InChI=1S/C16H24N2O2/c1-3-8-17-15(5-1)14-7-9-18(13-14)10-12-20-16-6-2-4-11-19-16/h1,3,5,8,14,16H,2,4,6-7,9-13H2. The Labute approximate surface area is 121 Å². The molecule has 1 aromatic heterocycles. The third-order valence-electron chi connectivity index (χ3n) is 4.23. The van der Waals surface area contributed by atoms with E-state index in [0.717, 1.165) is 39.3 Å². The van der Waals surface area contributed by atoms with Crippen molar-refractivity contribution in [2.24, 2.45) is 0 Å². The molecule has 2 aliphatic rings. The quantitative estimate of drug-likeness (QED) is 0.827. The van der Waals surface area contributed by atoms with Crippen molar-refractivity contribution < 1.29 is 9.47 Å². The van der Waals surface area contributed by atoms with Crippen molar-refractivity contribution in [2.45, 2.75) is 37.9 Å². The molecule has 4 heteroatoms. The van der Waals surface area contributed by atoms with Gasteiger partial charge in [0.05, 0.1) is 6.61 Å².